The Hall–Kier alpha value is -3.03. The number of ether oxygens (including phenoxy) is 3. The number of nitrogens with one attached hydrogen (secondary N) is 1. The number of methoxy groups -OCH3 is 1. The number of H-pyrrole nitrogens is 1. The van der Waals surface area contributed by atoms with Crippen LogP contribution in [0, 0.1) is 6.92 Å². The summed E-state index contributed by atoms with van der Waals surface area (Å²) in [6.45, 7) is 6.16. The highest BCUT2D eigenvalue weighted by Crippen LogP contribution is 2.48. The summed E-state index contributed by atoms with van der Waals surface area (Å²) in [5, 5.41) is 10.4. The van der Waals surface area contributed by atoms with Gasteiger partial charge in [-0.25, -0.2) is 4.79 Å². The summed E-state index contributed by atoms with van der Waals surface area (Å²) in [5.41, 5.74) is 4.74. The predicted molar refractivity (Wildman–Crippen MR) is 125 cm³/mol. The van der Waals surface area contributed by atoms with Crippen LogP contribution in [0.1, 0.15) is 58.9 Å². The van der Waals surface area contributed by atoms with E-state index in [1.807, 2.05) is 25.3 Å². The molecule has 2 N–H and O–H groups in total. The molecule has 2 aromatic carbocycles. The number of likely N-dealkylation sites (tertiary alicyclic amines) is 1. The van der Waals surface area contributed by atoms with Gasteiger partial charge in [0.05, 0.1) is 35.7 Å². The van der Waals surface area contributed by atoms with Gasteiger partial charge in [0, 0.05) is 31.0 Å². The number of rotatable bonds is 6. The number of benzene rings is 2. The molecule has 1 fully saturated rings. The number of aromatic nitrogens is 1. The molecule has 0 bridgehead atoms. The quantitative estimate of drug-likeness (QED) is 0.558. The van der Waals surface area contributed by atoms with E-state index in [1.165, 1.54) is 0 Å². The highest BCUT2D eigenvalue weighted by Gasteiger charge is 2.39. The van der Waals surface area contributed by atoms with Crippen LogP contribution < -0.4 is 9.47 Å². The zero-order chi connectivity index (χ0) is 23.1. The first kappa shape index (κ1) is 21.8. The van der Waals surface area contributed by atoms with E-state index in [9.17, 15) is 9.90 Å². The second kappa shape index (κ2) is 8.72. The molecule has 1 unspecified atom stereocenters. The standard InChI is InChI=1S/C26H30N2O5/c1-4-32-18-9-10-28(19(12-18)16-5-7-17(8-6-16)26(29)30)20-14-33-22-13-27-25-15(2)11-21(31-3)23(20)24(22)25/h5-8,11,13,18-20,27H,4,9-10,12,14H2,1-3H3,(H,29,30)/t18-,19-,20?/m1/s1. The number of nitrogens with zero attached hydrogens (tertiary/aromatic N) is 1. The van der Waals surface area contributed by atoms with E-state index in [1.54, 1.807) is 19.2 Å². The normalized spacial score (nSPS) is 22.8. The molecule has 0 aliphatic carbocycles. The number of piperidine rings is 1. The fraction of sp³-hybridized carbons (Fsp3) is 0.423. The number of hydrogen-bond donors (Lipinski definition) is 2. The Morgan fingerprint density at radius 2 is 2.06 bits per heavy atom. The maximum atomic E-state index is 11.4. The summed E-state index contributed by atoms with van der Waals surface area (Å²) in [6.07, 6.45) is 3.88. The molecule has 1 saturated heterocycles. The van der Waals surface area contributed by atoms with Crippen LogP contribution in [0.25, 0.3) is 10.9 Å². The van der Waals surface area contributed by atoms with Gasteiger partial charge in [-0.2, -0.15) is 0 Å². The third kappa shape index (κ3) is 3.75. The Labute approximate surface area is 193 Å². The number of carboxylic acid groups (broad SMARTS) is 1. The van der Waals surface area contributed by atoms with Crippen molar-refractivity contribution in [1.29, 1.82) is 0 Å². The van der Waals surface area contributed by atoms with Gasteiger partial charge in [-0.05, 0) is 56.0 Å². The Morgan fingerprint density at radius 1 is 1.27 bits per heavy atom. The smallest absolute Gasteiger partial charge is 0.335 e. The maximum Gasteiger partial charge on any atom is 0.335 e. The minimum absolute atomic E-state index is 0.0121. The van der Waals surface area contributed by atoms with Crippen LogP contribution in [0.2, 0.25) is 0 Å². The summed E-state index contributed by atoms with van der Waals surface area (Å²) in [7, 11) is 1.72. The molecule has 2 aliphatic heterocycles. The average Bonchev–Trinajstić information content (AvgIpc) is 3.27. The van der Waals surface area contributed by atoms with Gasteiger partial charge in [-0.15, -0.1) is 0 Å². The van der Waals surface area contributed by atoms with E-state index in [4.69, 9.17) is 14.2 Å². The number of carbonyl (C=O) groups is 1. The van der Waals surface area contributed by atoms with Gasteiger partial charge in [0.25, 0.3) is 0 Å². The second-order valence-electron chi connectivity index (χ2n) is 8.82. The van der Waals surface area contributed by atoms with Crippen LogP contribution >= 0.6 is 0 Å². The first-order valence-corrected chi connectivity index (χ1v) is 11.5. The lowest BCUT2D eigenvalue weighted by Gasteiger charge is -2.45. The first-order valence-electron chi connectivity index (χ1n) is 11.5. The van der Waals surface area contributed by atoms with Crippen molar-refractivity contribution >= 4 is 16.9 Å². The summed E-state index contributed by atoms with van der Waals surface area (Å²) >= 11 is 0. The van der Waals surface area contributed by atoms with E-state index < -0.39 is 5.97 Å². The Balaban J connectivity index is 1.58. The van der Waals surface area contributed by atoms with Crippen molar-refractivity contribution in [3.63, 3.8) is 0 Å². The summed E-state index contributed by atoms with van der Waals surface area (Å²) in [4.78, 5) is 17.2. The van der Waals surface area contributed by atoms with Crippen LogP contribution in [0.4, 0.5) is 0 Å². The summed E-state index contributed by atoms with van der Waals surface area (Å²) in [5.74, 6) is 0.826. The molecule has 3 atom stereocenters. The molecule has 7 heteroatoms. The molecule has 174 valence electrons. The van der Waals surface area contributed by atoms with E-state index in [0.717, 1.165) is 58.5 Å². The number of carboxylic acids is 1. The van der Waals surface area contributed by atoms with Crippen LogP contribution in [0.15, 0.2) is 36.5 Å². The predicted octanol–water partition coefficient (Wildman–Crippen LogP) is 4.86. The van der Waals surface area contributed by atoms with Crippen molar-refractivity contribution in [2.75, 3.05) is 26.9 Å². The minimum atomic E-state index is -0.915. The van der Waals surface area contributed by atoms with Crippen molar-refractivity contribution in [3.05, 3.63) is 58.8 Å². The van der Waals surface area contributed by atoms with E-state index in [2.05, 4.69) is 22.9 Å². The Morgan fingerprint density at radius 3 is 2.76 bits per heavy atom. The molecule has 3 aromatic rings. The molecule has 3 heterocycles. The van der Waals surface area contributed by atoms with Crippen molar-refractivity contribution in [3.8, 4) is 11.5 Å². The molecular formula is C26H30N2O5. The molecule has 33 heavy (non-hydrogen) atoms. The molecule has 0 radical (unpaired) electrons. The number of aromatic carboxylic acids is 1. The fourth-order valence-electron chi connectivity index (χ4n) is 5.47. The lowest BCUT2D eigenvalue weighted by atomic mass is 9.88. The third-order valence-electron chi connectivity index (χ3n) is 7.01. The fourth-order valence-corrected chi connectivity index (χ4v) is 5.47. The zero-order valence-corrected chi connectivity index (χ0v) is 19.3. The lowest BCUT2D eigenvalue weighted by Crippen LogP contribution is -2.44. The number of aryl methyl sites for hydroxylation is 1. The molecule has 1 aromatic heterocycles. The van der Waals surface area contributed by atoms with Crippen LogP contribution in [-0.4, -0.2) is 53.9 Å². The number of aromatic amines is 1. The van der Waals surface area contributed by atoms with Gasteiger partial charge in [0.15, 0.2) is 0 Å². The van der Waals surface area contributed by atoms with Gasteiger partial charge in [0.1, 0.15) is 18.1 Å². The molecule has 2 aliphatic rings. The molecule has 0 spiro atoms. The highest BCUT2D eigenvalue weighted by atomic mass is 16.5. The average molecular weight is 451 g/mol. The topological polar surface area (TPSA) is 84.0 Å². The van der Waals surface area contributed by atoms with Crippen LogP contribution in [0.5, 0.6) is 11.5 Å². The summed E-state index contributed by atoms with van der Waals surface area (Å²) < 4.78 is 18.1. The molecule has 5 rings (SSSR count). The van der Waals surface area contributed by atoms with E-state index in [-0.39, 0.29) is 18.2 Å². The minimum Gasteiger partial charge on any atom is -0.496 e. The van der Waals surface area contributed by atoms with Gasteiger partial charge in [-0.1, -0.05) is 12.1 Å². The Kier molecular flexibility index (Phi) is 5.76. The van der Waals surface area contributed by atoms with Gasteiger partial charge in [-0.3, -0.25) is 4.90 Å². The molecule has 0 saturated carbocycles. The monoisotopic (exact) mass is 450 g/mol. The second-order valence-corrected chi connectivity index (χ2v) is 8.82. The van der Waals surface area contributed by atoms with Crippen molar-refractivity contribution in [2.24, 2.45) is 0 Å². The van der Waals surface area contributed by atoms with Gasteiger partial charge >= 0.3 is 5.97 Å². The van der Waals surface area contributed by atoms with Gasteiger partial charge < -0.3 is 24.3 Å². The first-order chi connectivity index (χ1) is 16.0. The van der Waals surface area contributed by atoms with Gasteiger partial charge in [0.2, 0.25) is 0 Å². The van der Waals surface area contributed by atoms with E-state index in [0.29, 0.717) is 18.8 Å². The van der Waals surface area contributed by atoms with Crippen LogP contribution in [-0.2, 0) is 4.74 Å². The van der Waals surface area contributed by atoms with Crippen molar-refractivity contribution < 1.29 is 24.1 Å². The summed E-state index contributed by atoms with van der Waals surface area (Å²) in [6, 6.07) is 9.43. The molecule has 7 nitrogen and oxygen atoms in total. The Bertz CT molecular complexity index is 1170. The van der Waals surface area contributed by atoms with Crippen molar-refractivity contribution in [1.82, 2.24) is 9.88 Å². The molecule has 0 amide bonds. The van der Waals surface area contributed by atoms with E-state index >= 15 is 0 Å². The largest absolute Gasteiger partial charge is 0.496 e. The third-order valence-corrected chi connectivity index (χ3v) is 7.01. The van der Waals surface area contributed by atoms with Crippen molar-refractivity contribution in [2.45, 2.75) is 44.9 Å². The van der Waals surface area contributed by atoms with Crippen LogP contribution in [0.3, 0.4) is 0 Å². The zero-order valence-electron chi connectivity index (χ0n) is 19.3. The molecular weight excluding hydrogens is 420 g/mol. The maximum absolute atomic E-state index is 11.4. The lowest BCUT2D eigenvalue weighted by molar-refractivity contribution is -0.0335. The highest BCUT2D eigenvalue weighted by molar-refractivity contribution is 5.94. The number of hydrogen-bond acceptors (Lipinski definition) is 5. The SMILES string of the molecule is CCO[C@@H]1CCN(C2COc3c[nH]c4c(C)cc(OC)c2c34)[C@@H](c2ccc(C(=O)O)cc2)C1.